The molecule has 0 aliphatic heterocycles. The molecule has 5 nitrogen and oxygen atoms in total. The van der Waals surface area contributed by atoms with Gasteiger partial charge in [-0.2, -0.15) is 0 Å². The van der Waals surface area contributed by atoms with E-state index >= 15 is 0 Å². The number of amides is 1. The van der Waals surface area contributed by atoms with Crippen molar-refractivity contribution in [1.82, 2.24) is 5.32 Å². The van der Waals surface area contributed by atoms with E-state index in [1.807, 2.05) is 6.92 Å². The summed E-state index contributed by atoms with van der Waals surface area (Å²) in [5.74, 6) is -0.519. The van der Waals surface area contributed by atoms with Gasteiger partial charge in [0.05, 0.1) is 15.6 Å². The standard InChI is InChI=1S/C11H14Cl2N2O3S/c1-2-3-6-15-11(16)9-7(12)4-5-8(10(9)13)19(14,17)18/h4-5H,2-3,6H2,1H3,(H,15,16)(H2,14,17,18). The van der Waals surface area contributed by atoms with E-state index in [1.54, 1.807) is 0 Å². The Morgan fingerprint density at radius 1 is 1.37 bits per heavy atom. The highest BCUT2D eigenvalue weighted by atomic mass is 35.5. The monoisotopic (exact) mass is 324 g/mol. The number of carbonyl (C=O) groups excluding carboxylic acids is 1. The number of rotatable bonds is 5. The molecule has 0 bridgehead atoms. The molecule has 0 saturated heterocycles. The van der Waals surface area contributed by atoms with Crippen LogP contribution in [0.2, 0.25) is 10.0 Å². The second-order valence-corrected chi connectivity index (χ2v) is 6.20. The lowest BCUT2D eigenvalue weighted by atomic mass is 10.2. The van der Waals surface area contributed by atoms with E-state index in [-0.39, 0.29) is 20.5 Å². The predicted octanol–water partition coefficient (Wildman–Crippen LogP) is 2.17. The van der Waals surface area contributed by atoms with Crippen molar-refractivity contribution < 1.29 is 13.2 Å². The van der Waals surface area contributed by atoms with Crippen LogP contribution in [0.25, 0.3) is 0 Å². The molecule has 0 fully saturated rings. The largest absolute Gasteiger partial charge is 0.352 e. The molecular weight excluding hydrogens is 311 g/mol. The summed E-state index contributed by atoms with van der Waals surface area (Å²) < 4.78 is 22.6. The van der Waals surface area contributed by atoms with E-state index in [4.69, 9.17) is 28.3 Å². The van der Waals surface area contributed by atoms with Crippen molar-refractivity contribution in [1.29, 1.82) is 0 Å². The Bertz CT molecular complexity index is 588. The van der Waals surface area contributed by atoms with Crippen LogP contribution in [-0.2, 0) is 10.0 Å². The smallest absolute Gasteiger partial charge is 0.254 e. The van der Waals surface area contributed by atoms with Crippen LogP contribution in [-0.4, -0.2) is 20.9 Å². The van der Waals surface area contributed by atoms with E-state index in [2.05, 4.69) is 5.32 Å². The number of unbranched alkanes of at least 4 members (excludes halogenated alkanes) is 1. The first-order chi connectivity index (χ1) is 8.79. The fourth-order valence-electron chi connectivity index (χ4n) is 1.43. The highest BCUT2D eigenvalue weighted by Crippen LogP contribution is 2.30. The SMILES string of the molecule is CCCCNC(=O)c1c(Cl)ccc(S(N)(=O)=O)c1Cl. The maximum absolute atomic E-state index is 11.9. The van der Waals surface area contributed by atoms with Crippen molar-refractivity contribution in [3.63, 3.8) is 0 Å². The summed E-state index contributed by atoms with van der Waals surface area (Å²) in [6.45, 7) is 2.44. The van der Waals surface area contributed by atoms with E-state index in [9.17, 15) is 13.2 Å². The summed E-state index contributed by atoms with van der Waals surface area (Å²) in [6.07, 6.45) is 1.72. The third kappa shape index (κ3) is 4.07. The normalized spacial score (nSPS) is 11.4. The quantitative estimate of drug-likeness (QED) is 0.813. The minimum atomic E-state index is -4.00. The van der Waals surface area contributed by atoms with Gasteiger partial charge in [-0.3, -0.25) is 4.79 Å². The van der Waals surface area contributed by atoms with Gasteiger partial charge in [-0.25, -0.2) is 13.6 Å². The molecule has 0 radical (unpaired) electrons. The molecule has 0 aromatic heterocycles. The number of hydrogen-bond acceptors (Lipinski definition) is 3. The fourth-order valence-corrected chi connectivity index (χ4v) is 2.90. The van der Waals surface area contributed by atoms with Crippen LogP contribution in [0, 0.1) is 0 Å². The van der Waals surface area contributed by atoms with Gasteiger partial charge in [0.15, 0.2) is 0 Å². The van der Waals surface area contributed by atoms with Gasteiger partial charge >= 0.3 is 0 Å². The van der Waals surface area contributed by atoms with Gasteiger partial charge in [0.25, 0.3) is 5.91 Å². The van der Waals surface area contributed by atoms with E-state index < -0.39 is 15.9 Å². The first-order valence-corrected chi connectivity index (χ1v) is 7.88. The van der Waals surface area contributed by atoms with Crippen LogP contribution in [0.4, 0.5) is 0 Å². The van der Waals surface area contributed by atoms with Crippen LogP contribution < -0.4 is 10.5 Å². The van der Waals surface area contributed by atoms with Crippen LogP contribution in [0.1, 0.15) is 30.1 Å². The molecular formula is C11H14Cl2N2O3S. The molecule has 0 atom stereocenters. The maximum atomic E-state index is 11.9. The maximum Gasteiger partial charge on any atom is 0.254 e. The molecule has 1 amide bonds. The molecule has 0 heterocycles. The molecule has 3 N–H and O–H groups in total. The number of carbonyl (C=O) groups is 1. The third-order valence-electron chi connectivity index (χ3n) is 2.41. The second-order valence-electron chi connectivity index (χ2n) is 3.89. The summed E-state index contributed by atoms with van der Waals surface area (Å²) in [5, 5.41) is 7.44. The average Bonchev–Trinajstić information content (AvgIpc) is 2.27. The van der Waals surface area contributed by atoms with E-state index in [0.717, 1.165) is 12.8 Å². The van der Waals surface area contributed by atoms with Crippen LogP contribution in [0.15, 0.2) is 17.0 Å². The van der Waals surface area contributed by atoms with Crippen molar-refractivity contribution in [3.8, 4) is 0 Å². The number of nitrogens with two attached hydrogens (primary N) is 1. The Balaban J connectivity index is 3.17. The zero-order valence-corrected chi connectivity index (χ0v) is 12.6. The zero-order valence-electron chi connectivity index (χ0n) is 10.2. The van der Waals surface area contributed by atoms with Crippen LogP contribution in [0.5, 0.6) is 0 Å². The minimum Gasteiger partial charge on any atom is -0.352 e. The third-order valence-corrected chi connectivity index (χ3v) is 4.18. The Kier molecular flexibility index (Phi) is 5.61. The first-order valence-electron chi connectivity index (χ1n) is 5.58. The fraction of sp³-hybridized carbons (Fsp3) is 0.364. The van der Waals surface area contributed by atoms with Gasteiger partial charge in [-0.05, 0) is 18.6 Å². The topological polar surface area (TPSA) is 89.3 Å². The Morgan fingerprint density at radius 3 is 2.53 bits per heavy atom. The molecule has 106 valence electrons. The van der Waals surface area contributed by atoms with Gasteiger partial charge in [-0.15, -0.1) is 0 Å². The molecule has 0 aliphatic rings. The molecule has 8 heteroatoms. The lowest BCUT2D eigenvalue weighted by molar-refractivity contribution is 0.0953. The molecule has 0 unspecified atom stereocenters. The number of sulfonamides is 1. The molecule has 19 heavy (non-hydrogen) atoms. The first kappa shape index (κ1) is 16.2. The van der Waals surface area contributed by atoms with Gasteiger partial charge in [0.2, 0.25) is 10.0 Å². The minimum absolute atomic E-state index is 0.0754. The van der Waals surface area contributed by atoms with Crippen molar-refractivity contribution in [2.75, 3.05) is 6.54 Å². The lowest BCUT2D eigenvalue weighted by Gasteiger charge is -2.10. The number of primary sulfonamides is 1. The van der Waals surface area contributed by atoms with Crippen LogP contribution >= 0.6 is 23.2 Å². The molecule has 0 spiro atoms. The van der Waals surface area contributed by atoms with Gasteiger partial charge < -0.3 is 5.32 Å². The molecule has 1 rings (SSSR count). The number of halogens is 2. The highest BCUT2D eigenvalue weighted by molar-refractivity contribution is 7.89. The summed E-state index contributed by atoms with van der Waals surface area (Å²) in [7, 11) is -4.00. The zero-order chi connectivity index (χ0) is 14.6. The van der Waals surface area contributed by atoms with E-state index in [0.29, 0.717) is 6.54 Å². The van der Waals surface area contributed by atoms with E-state index in [1.165, 1.54) is 12.1 Å². The van der Waals surface area contributed by atoms with Gasteiger partial charge in [-0.1, -0.05) is 36.5 Å². The molecule has 1 aromatic carbocycles. The number of nitrogens with one attached hydrogen (secondary N) is 1. The lowest BCUT2D eigenvalue weighted by Crippen LogP contribution is -2.25. The average molecular weight is 325 g/mol. The number of hydrogen-bond donors (Lipinski definition) is 2. The van der Waals surface area contributed by atoms with Gasteiger partial charge in [0.1, 0.15) is 4.90 Å². The summed E-state index contributed by atoms with van der Waals surface area (Å²) >= 11 is 11.8. The predicted molar refractivity (Wildman–Crippen MR) is 75.1 cm³/mol. The summed E-state index contributed by atoms with van der Waals surface area (Å²) in [5.41, 5.74) is -0.0778. The van der Waals surface area contributed by atoms with Gasteiger partial charge in [0, 0.05) is 6.54 Å². The molecule has 0 saturated carbocycles. The second kappa shape index (κ2) is 6.56. The van der Waals surface area contributed by atoms with Crippen molar-refractivity contribution >= 4 is 39.1 Å². The Morgan fingerprint density at radius 2 is 2.00 bits per heavy atom. The Labute approximate surface area is 122 Å². The van der Waals surface area contributed by atoms with Crippen molar-refractivity contribution in [2.45, 2.75) is 24.7 Å². The van der Waals surface area contributed by atoms with Crippen molar-refractivity contribution in [2.24, 2.45) is 5.14 Å². The summed E-state index contributed by atoms with van der Waals surface area (Å²) in [6, 6.07) is 2.45. The number of benzene rings is 1. The molecule has 1 aromatic rings. The summed E-state index contributed by atoms with van der Waals surface area (Å²) in [4.78, 5) is 11.6. The Hall–Kier alpha value is -0.820. The van der Waals surface area contributed by atoms with Crippen molar-refractivity contribution in [3.05, 3.63) is 27.7 Å². The highest BCUT2D eigenvalue weighted by Gasteiger charge is 2.22. The molecule has 0 aliphatic carbocycles. The van der Waals surface area contributed by atoms with Crippen LogP contribution in [0.3, 0.4) is 0 Å².